The van der Waals surface area contributed by atoms with Crippen LogP contribution in [0.1, 0.15) is 6.92 Å². The molecule has 1 aliphatic heterocycles. The van der Waals surface area contributed by atoms with E-state index in [1.807, 2.05) is 0 Å². The molecule has 5 heteroatoms. The summed E-state index contributed by atoms with van der Waals surface area (Å²) < 4.78 is 4.98. The molecule has 1 unspecified atom stereocenters. The summed E-state index contributed by atoms with van der Waals surface area (Å²) in [6.45, 7) is 2.21. The number of carbonyl (C=O) groups excluding carboxylic acids is 1. The van der Waals surface area contributed by atoms with Crippen LogP contribution >= 0.6 is 0 Å². The van der Waals surface area contributed by atoms with Gasteiger partial charge in [-0.2, -0.15) is 0 Å². The zero-order valence-electron chi connectivity index (χ0n) is 7.82. The van der Waals surface area contributed by atoms with Gasteiger partial charge in [0.1, 0.15) is 0 Å². The first-order valence-electron chi connectivity index (χ1n) is 4.20. The predicted molar refractivity (Wildman–Crippen MR) is 47.4 cm³/mol. The fraction of sp³-hybridized carbons (Fsp3) is 0.556. The Morgan fingerprint density at radius 2 is 2.29 bits per heavy atom. The van der Waals surface area contributed by atoms with Crippen LogP contribution in [0.2, 0.25) is 0 Å². The van der Waals surface area contributed by atoms with Gasteiger partial charge >= 0.3 is 5.97 Å². The molecule has 1 N–H and O–H groups in total. The van der Waals surface area contributed by atoms with E-state index >= 15 is 0 Å². The number of ether oxygens (including phenoxy) is 1. The Bertz CT molecular complexity index is 302. The SMILES string of the molecule is CC#CC(=O)N1CCOCC1C(=O)O. The average molecular weight is 197 g/mol. The van der Waals surface area contributed by atoms with E-state index in [0.717, 1.165) is 0 Å². The monoisotopic (exact) mass is 197 g/mol. The smallest absolute Gasteiger partial charge is 0.328 e. The zero-order chi connectivity index (χ0) is 10.6. The van der Waals surface area contributed by atoms with Gasteiger partial charge in [0.05, 0.1) is 13.2 Å². The second-order valence-electron chi connectivity index (χ2n) is 2.80. The summed E-state index contributed by atoms with van der Waals surface area (Å²) in [6.07, 6.45) is 0. The Hall–Kier alpha value is -1.54. The van der Waals surface area contributed by atoms with E-state index < -0.39 is 17.9 Å². The van der Waals surface area contributed by atoms with Crippen molar-refractivity contribution < 1.29 is 19.4 Å². The molecule has 1 atom stereocenters. The van der Waals surface area contributed by atoms with Crippen LogP contribution in [0.5, 0.6) is 0 Å². The van der Waals surface area contributed by atoms with Crippen molar-refractivity contribution in [3.05, 3.63) is 0 Å². The van der Waals surface area contributed by atoms with E-state index in [0.29, 0.717) is 6.61 Å². The normalized spacial score (nSPS) is 20.9. The molecule has 0 aliphatic carbocycles. The first-order valence-corrected chi connectivity index (χ1v) is 4.20. The molecule has 0 aromatic carbocycles. The van der Waals surface area contributed by atoms with E-state index in [4.69, 9.17) is 9.84 Å². The lowest BCUT2D eigenvalue weighted by Crippen LogP contribution is -2.52. The summed E-state index contributed by atoms with van der Waals surface area (Å²) in [7, 11) is 0. The highest BCUT2D eigenvalue weighted by molar-refractivity contribution is 5.96. The molecule has 0 aromatic heterocycles. The lowest BCUT2D eigenvalue weighted by molar-refractivity contribution is -0.155. The molecule has 1 heterocycles. The van der Waals surface area contributed by atoms with Crippen molar-refractivity contribution in [3.63, 3.8) is 0 Å². The highest BCUT2D eigenvalue weighted by Gasteiger charge is 2.31. The highest BCUT2D eigenvalue weighted by Crippen LogP contribution is 2.07. The van der Waals surface area contributed by atoms with E-state index in [2.05, 4.69) is 11.8 Å². The number of amides is 1. The molecule has 1 saturated heterocycles. The Morgan fingerprint density at radius 3 is 2.86 bits per heavy atom. The topological polar surface area (TPSA) is 66.8 Å². The minimum Gasteiger partial charge on any atom is -0.480 e. The van der Waals surface area contributed by atoms with Crippen molar-refractivity contribution in [1.82, 2.24) is 4.90 Å². The highest BCUT2D eigenvalue weighted by atomic mass is 16.5. The number of carbonyl (C=O) groups is 2. The summed E-state index contributed by atoms with van der Waals surface area (Å²) in [6, 6.07) is -0.905. The lowest BCUT2D eigenvalue weighted by atomic mass is 10.2. The Labute approximate surface area is 81.6 Å². The third kappa shape index (κ3) is 2.24. The predicted octanol–water partition coefficient (Wildman–Crippen LogP) is -0.678. The molecule has 0 bridgehead atoms. The molecule has 0 spiro atoms. The van der Waals surface area contributed by atoms with Gasteiger partial charge in [-0.15, -0.1) is 0 Å². The van der Waals surface area contributed by atoms with Gasteiger partial charge < -0.3 is 14.7 Å². The molecule has 0 aromatic rings. The molecule has 1 rings (SSSR count). The summed E-state index contributed by atoms with van der Waals surface area (Å²) in [5.74, 6) is 3.25. The van der Waals surface area contributed by atoms with Crippen LogP contribution in [0.3, 0.4) is 0 Å². The quantitative estimate of drug-likeness (QED) is 0.566. The van der Waals surface area contributed by atoms with Gasteiger partial charge in [-0.3, -0.25) is 4.79 Å². The number of rotatable bonds is 1. The fourth-order valence-electron chi connectivity index (χ4n) is 1.23. The number of carboxylic acids is 1. The molecule has 0 radical (unpaired) electrons. The summed E-state index contributed by atoms with van der Waals surface area (Å²) in [4.78, 5) is 23.3. The minimum absolute atomic E-state index is 0.0342. The number of hydrogen-bond donors (Lipinski definition) is 1. The average Bonchev–Trinajstić information content (AvgIpc) is 2.18. The number of carboxylic acid groups (broad SMARTS) is 1. The second-order valence-corrected chi connectivity index (χ2v) is 2.80. The van der Waals surface area contributed by atoms with Crippen LogP contribution in [0, 0.1) is 11.8 Å². The third-order valence-corrected chi connectivity index (χ3v) is 1.91. The van der Waals surface area contributed by atoms with Crippen molar-refractivity contribution in [2.45, 2.75) is 13.0 Å². The first-order chi connectivity index (χ1) is 6.66. The molecule has 1 amide bonds. The van der Waals surface area contributed by atoms with Crippen LogP contribution in [0.25, 0.3) is 0 Å². The minimum atomic E-state index is -1.06. The van der Waals surface area contributed by atoms with Gasteiger partial charge in [0, 0.05) is 6.54 Å². The maximum atomic E-state index is 11.3. The standard InChI is InChI=1S/C9H11NO4/c1-2-3-8(11)10-4-5-14-6-7(10)9(12)13/h7H,4-6H2,1H3,(H,12,13). The van der Waals surface area contributed by atoms with Crippen molar-refractivity contribution in [3.8, 4) is 11.8 Å². The molecule has 76 valence electrons. The first kappa shape index (κ1) is 10.5. The number of hydrogen-bond acceptors (Lipinski definition) is 3. The molecular weight excluding hydrogens is 186 g/mol. The van der Waals surface area contributed by atoms with E-state index in [1.165, 1.54) is 11.8 Å². The summed E-state index contributed by atoms with van der Waals surface area (Å²) in [5.41, 5.74) is 0. The third-order valence-electron chi connectivity index (χ3n) is 1.91. The van der Waals surface area contributed by atoms with E-state index in [9.17, 15) is 9.59 Å². The van der Waals surface area contributed by atoms with Crippen LogP contribution < -0.4 is 0 Å². The van der Waals surface area contributed by atoms with Gasteiger partial charge in [-0.1, -0.05) is 5.92 Å². The fourth-order valence-corrected chi connectivity index (χ4v) is 1.23. The maximum absolute atomic E-state index is 11.3. The van der Waals surface area contributed by atoms with Crippen molar-refractivity contribution in [2.24, 2.45) is 0 Å². The summed E-state index contributed by atoms with van der Waals surface area (Å²) in [5, 5.41) is 8.80. The molecule has 5 nitrogen and oxygen atoms in total. The van der Waals surface area contributed by atoms with Gasteiger partial charge in [-0.25, -0.2) is 4.79 Å². The zero-order valence-corrected chi connectivity index (χ0v) is 7.82. The Balaban J connectivity index is 2.75. The Morgan fingerprint density at radius 1 is 1.57 bits per heavy atom. The van der Waals surface area contributed by atoms with E-state index in [1.54, 1.807) is 0 Å². The largest absolute Gasteiger partial charge is 0.480 e. The second kappa shape index (κ2) is 4.63. The van der Waals surface area contributed by atoms with Crippen molar-refractivity contribution >= 4 is 11.9 Å². The molecule has 1 fully saturated rings. The maximum Gasteiger partial charge on any atom is 0.328 e. The number of nitrogens with zero attached hydrogens (tertiary/aromatic N) is 1. The van der Waals surface area contributed by atoms with Crippen LogP contribution in [0.4, 0.5) is 0 Å². The lowest BCUT2D eigenvalue weighted by Gasteiger charge is -2.31. The molecular formula is C9H11NO4. The molecule has 1 aliphatic rings. The van der Waals surface area contributed by atoms with Gasteiger partial charge in [-0.05, 0) is 12.8 Å². The Kier molecular flexibility index (Phi) is 3.48. The van der Waals surface area contributed by atoms with E-state index in [-0.39, 0.29) is 13.2 Å². The van der Waals surface area contributed by atoms with Crippen LogP contribution in [-0.2, 0) is 14.3 Å². The van der Waals surface area contributed by atoms with Crippen LogP contribution in [-0.4, -0.2) is 47.7 Å². The van der Waals surface area contributed by atoms with Gasteiger partial charge in [0.15, 0.2) is 6.04 Å². The van der Waals surface area contributed by atoms with Crippen LogP contribution in [0.15, 0.2) is 0 Å². The van der Waals surface area contributed by atoms with Crippen molar-refractivity contribution in [2.75, 3.05) is 19.8 Å². The molecule has 0 saturated carbocycles. The number of aliphatic carboxylic acids is 1. The molecule has 14 heavy (non-hydrogen) atoms. The van der Waals surface area contributed by atoms with Crippen molar-refractivity contribution in [1.29, 1.82) is 0 Å². The number of morpholine rings is 1. The van der Waals surface area contributed by atoms with Gasteiger partial charge in [0.2, 0.25) is 0 Å². The van der Waals surface area contributed by atoms with Gasteiger partial charge in [0.25, 0.3) is 5.91 Å². The summed E-state index contributed by atoms with van der Waals surface area (Å²) >= 11 is 0.